The van der Waals surface area contributed by atoms with E-state index in [0.717, 1.165) is 17.6 Å². The second-order valence-electron chi connectivity index (χ2n) is 4.94. The normalized spacial score (nSPS) is 10.9. The third-order valence-electron chi connectivity index (χ3n) is 3.48. The molecule has 3 rings (SSSR count). The van der Waals surface area contributed by atoms with Gasteiger partial charge in [-0.3, -0.25) is 4.79 Å². The fraction of sp³-hybridized carbons (Fsp3) is 0.250. The monoisotopic (exact) mass is 283 g/mol. The fourth-order valence-electron chi connectivity index (χ4n) is 2.37. The van der Waals surface area contributed by atoms with Crippen LogP contribution in [0.3, 0.4) is 0 Å². The Labute approximate surface area is 122 Å². The van der Waals surface area contributed by atoms with Crippen molar-refractivity contribution < 1.29 is 9.21 Å². The van der Waals surface area contributed by atoms with Gasteiger partial charge in [0.2, 0.25) is 5.91 Å². The molecule has 5 heteroatoms. The zero-order chi connectivity index (χ0) is 14.5. The molecule has 3 aromatic rings. The molecule has 0 unspecified atom stereocenters. The molecule has 0 atom stereocenters. The number of aromatic nitrogens is 2. The maximum Gasteiger partial charge on any atom is 0.220 e. The van der Waals surface area contributed by atoms with Crippen molar-refractivity contribution in [3.63, 3.8) is 0 Å². The summed E-state index contributed by atoms with van der Waals surface area (Å²) in [7, 11) is 0. The van der Waals surface area contributed by atoms with E-state index in [1.165, 1.54) is 17.3 Å². The first-order valence-corrected chi connectivity index (χ1v) is 7.01. The van der Waals surface area contributed by atoms with E-state index in [4.69, 9.17) is 4.42 Å². The van der Waals surface area contributed by atoms with Crippen LogP contribution in [0.2, 0.25) is 0 Å². The number of rotatable bonds is 6. The van der Waals surface area contributed by atoms with Crippen LogP contribution in [-0.4, -0.2) is 22.4 Å². The summed E-state index contributed by atoms with van der Waals surface area (Å²) < 4.78 is 4.87. The largest absolute Gasteiger partial charge is 0.451 e. The van der Waals surface area contributed by atoms with Gasteiger partial charge in [-0.15, -0.1) is 0 Å². The third kappa shape index (κ3) is 3.31. The number of aryl methyl sites for hydroxylation is 1. The average Bonchev–Trinajstić information content (AvgIpc) is 3.15. The number of carbonyl (C=O) groups excluding carboxylic acids is 1. The van der Waals surface area contributed by atoms with Gasteiger partial charge in [-0.05, 0) is 18.1 Å². The molecule has 21 heavy (non-hydrogen) atoms. The summed E-state index contributed by atoms with van der Waals surface area (Å²) in [6.45, 7) is 0.638. The summed E-state index contributed by atoms with van der Waals surface area (Å²) in [5.41, 5.74) is 3.16. The van der Waals surface area contributed by atoms with Crippen molar-refractivity contribution in [2.45, 2.75) is 19.3 Å². The predicted octanol–water partition coefficient (Wildman–Crippen LogP) is 2.45. The molecule has 2 heterocycles. The number of hydrogen-bond donors (Lipinski definition) is 2. The number of para-hydroxylation sites is 1. The molecule has 0 spiro atoms. The topological polar surface area (TPSA) is 70.9 Å². The molecule has 0 aliphatic carbocycles. The number of carbonyl (C=O) groups is 1. The van der Waals surface area contributed by atoms with E-state index >= 15 is 0 Å². The van der Waals surface area contributed by atoms with E-state index in [9.17, 15) is 4.79 Å². The van der Waals surface area contributed by atoms with Crippen molar-refractivity contribution >= 4 is 16.8 Å². The van der Waals surface area contributed by atoms with E-state index in [2.05, 4.69) is 27.4 Å². The maximum atomic E-state index is 11.8. The number of aromatic amines is 1. The summed E-state index contributed by atoms with van der Waals surface area (Å²) in [5.74, 6) is 0.0397. The van der Waals surface area contributed by atoms with Gasteiger partial charge < -0.3 is 14.7 Å². The molecule has 2 aromatic heterocycles. The quantitative estimate of drug-likeness (QED) is 0.730. The number of fused-ring (bicyclic) bond motifs is 1. The van der Waals surface area contributed by atoms with Gasteiger partial charge in [0, 0.05) is 36.5 Å². The Morgan fingerprint density at radius 1 is 1.29 bits per heavy atom. The van der Waals surface area contributed by atoms with E-state index in [-0.39, 0.29) is 5.91 Å². The van der Waals surface area contributed by atoms with Crippen LogP contribution in [0, 0.1) is 0 Å². The molecule has 1 aromatic carbocycles. The lowest BCUT2D eigenvalue weighted by Gasteiger charge is -2.04. The Balaban J connectivity index is 1.46. The van der Waals surface area contributed by atoms with Gasteiger partial charge in [0.25, 0.3) is 0 Å². The Hall–Kier alpha value is -2.56. The van der Waals surface area contributed by atoms with Gasteiger partial charge in [-0.1, -0.05) is 18.2 Å². The molecule has 0 radical (unpaired) electrons. The molecule has 0 saturated carbocycles. The highest BCUT2D eigenvalue weighted by atomic mass is 16.3. The zero-order valence-electron chi connectivity index (χ0n) is 11.6. The Morgan fingerprint density at radius 3 is 3.05 bits per heavy atom. The Morgan fingerprint density at radius 2 is 2.19 bits per heavy atom. The van der Waals surface area contributed by atoms with Gasteiger partial charge in [0.15, 0.2) is 6.39 Å². The lowest BCUT2D eigenvalue weighted by Crippen LogP contribution is -2.25. The van der Waals surface area contributed by atoms with Gasteiger partial charge in [0.1, 0.15) is 6.26 Å². The zero-order valence-corrected chi connectivity index (χ0v) is 11.6. The standard InChI is InChI=1S/C16H17N3O2/c20-16(6-5-13-10-21-11-19-13)17-8-7-12-9-18-15-4-2-1-3-14(12)15/h1-4,9-11,18H,5-8H2,(H,17,20). The summed E-state index contributed by atoms with van der Waals surface area (Å²) in [6, 6.07) is 8.17. The van der Waals surface area contributed by atoms with E-state index < -0.39 is 0 Å². The van der Waals surface area contributed by atoms with Crippen molar-refractivity contribution in [2.75, 3.05) is 6.54 Å². The van der Waals surface area contributed by atoms with Crippen LogP contribution < -0.4 is 5.32 Å². The Bertz CT molecular complexity index is 716. The first-order chi connectivity index (χ1) is 10.3. The van der Waals surface area contributed by atoms with Crippen molar-refractivity contribution in [3.8, 4) is 0 Å². The van der Waals surface area contributed by atoms with Crippen LogP contribution in [0.15, 0.2) is 47.5 Å². The van der Waals surface area contributed by atoms with Crippen LogP contribution in [0.4, 0.5) is 0 Å². The summed E-state index contributed by atoms with van der Waals surface area (Å²) in [4.78, 5) is 19.0. The van der Waals surface area contributed by atoms with Crippen LogP contribution in [0.1, 0.15) is 17.7 Å². The Kier molecular flexibility index (Phi) is 4.00. The molecule has 0 bridgehead atoms. The van der Waals surface area contributed by atoms with E-state index in [0.29, 0.717) is 19.4 Å². The molecule has 0 aliphatic heterocycles. The number of hydrogen-bond acceptors (Lipinski definition) is 3. The van der Waals surface area contributed by atoms with Crippen LogP contribution in [-0.2, 0) is 17.6 Å². The minimum Gasteiger partial charge on any atom is -0.451 e. The highest BCUT2D eigenvalue weighted by molar-refractivity contribution is 5.83. The van der Waals surface area contributed by atoms with E-state index in [1.807, 2.05) is 18.3 Å². The SMILES string of the molecule is O=C(CCc1cocn1)NCCc1c[nH]c2ccccc12. The third-order valence-corrected chi connectivity index (χ3v) is 3.48. The number of nitrogens with zero attached hydrogens (tertiary/aromatic N) is 1. The van der Waals surface area contributed by atoms with Crippen molar-refractivity contribution in [1.29, 1.82) is 0 Å². The number of H-pyrrole nitrogens is 1. The van der Waals surface area contributed by atoms with Crippen molar-refractivity contribution in [2.24, 2.45) is 0 Å². The number of benzene rings is 1. The van der Waals surface area contributed by atoms with Crippen LogP contribution >= 0.6 is 0 Å². The molecule has 0 saturated heterocycles. The minimum atomic E-state index is 0.0397. The highest BCUT2D eigenvalue weighted by Crippen LogP contribution is 2.17. The summed E-state index contributed by atoms with van der Waals surface area (Å²) in [5, 5.41) is 4.15. The number of oxazole rings is 1. The lowest BCUT2D eigenvalue weighted by atomic mass is 10.1. The predicted molar refractivity (Wildman–Crippen MR) is 79.8 cm³/mol. The molecular weight excluding hydrogens is 266 g/mol. The van der Waals surface area contributed by atoms with Crippen LogP contribution in [0.5, 0.6) is 0 Å². The molecule has 0 aliphatic rings. The molecule has 5 nitrogen and oxygen atoms in total. The second-order valence-corrected chi connectivity index (χ2v) is 4.94. The molecule has 2 N–H and O–H groups in total. The van der Waals surface area contributed by atoms with Crippen molar-refractivity contribution in [3.05, 3.63) is 54.4 Å². The van der Waals surface area contributed by atoms with Crippen molar-refractivity contribution in [1.82, 2.24) is 15.3 Å². The van der Waals surface area contributed by atoms with Crippen LogP contribution in [0.25, 0.3) is 10.9 Å². The first-order valence-electron chi connectivity index (χ1n) is 7.01. The molecule has 1 amide bonds. The molecule has 108 valence electrons. The van der Waals surface area contributed by atoms with E-state index in [1.54, 1.807) is 6.26 Å². The summed E-state index contributed by atoms with van der Waals surface area (Å²) in [6.07, 6.45) is 6.81. The number of amides is 1. The van der Waals surface area contributed by atoms with Gasteiger partial charge >= 0.3 is 0 Å². The second kappa shape index (κ2) is 6.26. The lowest BCUT2D eigenvalue weighted by molar-refractivity contribution is -0.121. The first kappa shape index (κ1) is 13.4. The molecular formula is C16H17N3O2. The fourth-order valence-corrected chi connectivity index (χ4v) is 2.37. The van der Waals surface area contributed by atoms with Gasteiger partial charge in [0.05, 0.1) is 5.69 Å². The smallest absolute Gasteiger partial charge is 0.220 e. The van der Waals surface area contributed by atoms with Gasteiger partial charge in [-0.25, -0.2) is 4.98 Å². The molecule has 0 fully saturated rings. The van der Waals surface area contributed by atoms with Gasteiger partial charge in [-0.2, -0.15) is 0 Å². The minimum absolute atomic E-state index is 0.0397. The average molecular weight is 283 g/mol. The summed E-state index contributed by atoms with van der Waals surface area (Å²) >= 11 is 0. The highest BCUT2D eigenvalue weighted by Gasteiger charge is 2.06. The maximum absolute atomic E-state index is 11.8. The number of nitrogens with one attached hydrogen (secondary N) is 2.